The number of rotatable bonds is 6. The lowest BCUT2D eigenvalue weighted by Crippen LogP contribution is -2.44. The third-order valence-corrected chi connectivity index (χ3v) is 4.26. The molecule has 2 amide bonds. The second kappa shape index (κ2) is 7.96. The Labute approximate surface area is 144 Å². The van der Waals surface area contributed by atoms with Crippen LogP contribution in [-0.2, 0) is 9.53 Å². The van der Waals surface area contributed by atoms with E-state index in [1.165, 1.54) is 18.4 Å². The molecule has 8 heteroatoms. The van der Waals surface area contributed by atoms with Gasteiger partial charge in [0.25, 0.3) is 0 Å². The third kappa shape index (κ3) is 4.58. The monoisotopic (exact) mass is 351 g/mol. The largest absolute Gasteiger partial charge is 0.497 e. The van der Waals surface area contributed by atoms with Crippen LogP contribution in [0.25, 0.3) is 10.2 Å². The highest BCUT2D eigenvalue weighted by Crippen LogP contribution is 2.29. The SMILES string of the molecule is COC(=O)NC(CC(C)C)C(=O)Nc1nc2ccc(OC)cc2s1. The van der Waals surface area contributed by atoms with Crippen molar-refractivity contribution < 1.29 is 19.1 Å². The molecule has 24 heavy (non-hydrogen) atoms. The predicted molar refractivity (Wildman–Crippen MR) is 93.6 cm³/mol. The van der Waals surface area contributed by atoms with E-state index >= 15 is 0 Å². The molecule has 1 heterocycles. The fourth-order valence-electron chi connectivity index (χ4n) is 2.18. The molecular formula is C16H21N3O4S. The molecule has 0 aliphatic heterocycles. The molecule has 0 saturated carbocycles. The first-order valence-electron chi connectivity index (χ1n) is 7.53. The Morgan fingerprint density at radius 3 is 2.67 bits per heavy atom. The number of hydrogen-bond donors (Lipinski definition) is 2. The summed E-state index contributed by atoms with van der Waals surface area (Å²) in [5, 5.41) is 5.79. The van der Waals surface area contributed by atoms with E-state index in [1.54, 1.807) is 7.11 Å². The van der Waals surface area contributed by atoms with Crippen molar-refractivity contribution in [1.82, 2.24) is 10.3 Å². The number of benzene rings is 1. The third-order valence-electron chi connectivity index (χ3n) is 3.33. The maximum Gasteiger partial charge on any atom is 0.407 e. The first kappa shape index (κ1) is 18.0. The van der Waals surface area contributed by atoms with Crippen LogP contribution in [0.3, 0.4) is 0 Å². The Bertz CT molecular complexity index is 729. The van der Waals surface area contributed by atoms with Gasteiger partial charge in [-0.05, 0) is 30.5 Å². The summed E-state index contributed by atoms with van der Waals surface area (Å²) in [6.45, 7) is 3.95. The van der Waals surface area contributed by atoms with E-state index in [9.17, 15) is 9.59 Å². The molecule has 2 aromatic rings. The molecule has 0 spiro atoms. The van der Waals surface area contributed by atoms with Crippen molar-refractivity contribution in [2.45, 2.75) is 26.3 Å². The lowest BCUT2D eigenvalue weighted by Gasteiger charge is -2.18. The standard InChI is InChI=1S/C16H21N3O4S/c1-9(2)7-12(18-16(21)23-4)14(20)19-15-17-11-6-5-10(22-3)8-13(11)24-15/h5-6,8-9,12H,7H2,1-4H3,(H,18,21)(H,17,19,20). The van der Waals surface area contributed by atoms with Crippen LogP contribution in [0.2, 0.25) is 0 Å². The average molecular weight is 351 g/mol. The van der Waals surface area contributed by atoms with Gasteiger partial charge in [0.2, 0.25) is 5.91 Å². The van der Waals surface area contributed by atoms with Gasteiger partial charge in [0.15, 0.2) is 5.13 Å². The second-order valence-electron chi connectivity index (χ2n) is 5.66. The number of thiazole rings is 1. The van der Waals surface area contributed by atoms with Crippen molar-refractivity contribution in [2.24, 2.45) is 5.92 Å². The zero-order valence-electron chi connectivity index (χ0n) is 14.1. The summed E-state index contributed by atoms with van der Waals surface area (Å²) in [5.41, 5.74) is 0.775. The Balaban J connectivity index is 2.14. The molecule has 1 aromatic carbocycles. The van der Waals surface area contributed by atoms with E-state index in [2.05, 4.69) is 20.4 Å². The Kier molecular flexibility index (Phi) is 5.97. The van der Waals surface area contributed by atoms with Gasteiger partial charge in [0.1, 0.15) is 11.8 Å². The zero-order valence-corrected chi connectivity index (χ0v) is 14.9. The molecule has 2 N–H and O–H groups in total. The fourth-order valence-corrected chi connectivity index (χ4v) is 3.08. The number of fused-ring (bicyclic) bond motifs is 1. The normalized spacial score (nSPS) is 12.0. The number of aromatic nitrogens is 1. The van der Waals surface area contributed by atoms with Crippen molar-refractivity contribution in [2.75, 3.05) is 19.5 Å². The second-order valence-corrected chi connectivity index (χ2v) is 6.69. The lowest BCUT2D eigenvalue weighted by atomic mass is 10.0. The molecule has 1 aromatic heterocycles. The van der Waals surface area contributed by atoms with Gasteiger partial charge in [0.05, 0.1) is 24.4 Å². The maximum atomic E-state index is 12.5. The van der Waals surface area contributed by atoms with Crippen molar-refractivity contribution in [3.63, 3.8) is 0 Å². The number of carbonyl (C=O) groups excluding carboxylic acids is 2. The van der Waals surface area contributed by atoms with Crippen LogP contribution in [0.5, 0.6) is 5.75 Å². The molecule has 0 radical (unpaired) electrons. The average Bonchev–Trinajstić information content (AvgIpc) is 2.94. The fraction of sp³-hybridized carbons (Fsp3) is 0.438. The van der Waals surface area contributed by atoms with Crippen LogP contribution in [0, 0.1) is 5.92 Å². The molecule has 0 saturated heterocycles. The Morgan fingerprint density at radius 1 is 1.29 bits per heavy atom. The molecular weight excluding hydrogens is 330 g/mol. The number of alkyl carbamates (subject to hydrolysis) is 1. The van der Waals surface area contributed by atoms with Crippen molar-refractivity contribution in [1.29, 1.82) is 0 Å². The smallest absolute Gasteiger partial charge is 0.407 e. The summed E-state index contributed by atoms with van der Waals surface area (Å²) in [6.07, 6.45) is -0.135. The topological polar surface area (TPSA) is 89.5 Å². The summed E-state index contributed by atoms with van der Waals surface area (Å²) in [4.78, 5) is 28.3. The Hall–Kier alpha value is -2.35. The first-order chi connectivity index (χ1) is 11.4. The van der Waals surface area contributed by atoms with Crippen LogP contribution in [-0.4, -0.2) is 37.2 Å². The van der Waals surface area contributed by atoms with Crippen LogP contribution >= 0.6 is 11.3 Å². The number of hydrogen-bond acceptors (Lipinski definition) is 6. The molecule has 130 valence electrons. The van der Waals surface area contributed by atoms with Gasteiger partial charge in [-0.3, -0.25) is 4.79 Å². The quantitative estimate of drug-likeness (QED) is 0.835. The minimum absolute atomic E-state index is 0.234. The minimum Gasteiger partial charge on any atom is -0.497 e. The number of carbonyl (C=O) groups is 2. The highest BCUT2D eigenvalue weighted by atomic mass is 32.1. The molecule has 7 nitrogen and oxygen atoms in total. The van der Waals surface area contributed by atoms with Gasteiger partial charge in [-0.25, -0.2) is 9.78 Å². The maximum absolute atomic E-state index is 12.5. The van der Waals surface area contributed by atoms with E-state index in [0.717, 1.165) is 16.0 Å². The summed E-state index contributed by atoms with van der Waals surface area (Å²) in [5.74, 6) is 0.645. The van der Waals surface area contributed by atoms with E-state index < -0.39 is 12.1 Å². The molecule has 2 rings (SSSR count). The van der Waals surface area contributed by atoms with E-state index in [1.807, 2.05) is 32.0 Å². The molecule has 0 aliphatic rings. The van der Waals surface area contributed by atoms with Crippen LogP contribution in [0.4, 0.5) is 9.93 Å². The predicted octanol–water partition coefficient (Wildman–Crippen LogP) is 3.01. The minimum atomic E-state index is -0.681. The molecule has 0 bridgehead atoms. The van der Waals surface area contributed by atoms with Gasteiger partial charge < -0.3 is 20.1 Å². The first-order valence-corrected chi connectivity index (χ1v) is 8.34. The van der Waals surface area contributed by atoms with Gasteiger partial charge in [-0.15, -0.1) is 0 Å². The summed E-state index contributed by atoms with van der Waals surface area (Å²) >= 11 is 1.35. The molecule has 0 fully saturated rings. The summed E-state index contributed by atoms with van der Waals surface area (Å²) in [6, 6.07) is 4.83. The van der Waals surface area contributed by atoms with Crippen molar-refractivity contribution >= 4 is 38.7 Å². The van der Waals surface area contributed by atoms with Gasteiger partial charge in [-0.2, -0.15) is 0 Å². The van der Waals surface area contributed by atoms with E-state index in [4.69, 9.17) is 4.74 Å². The zero-order chi connectivity index (χ0) is 17.7. The number of ether oxygens (including phenoxy) is 2. The van der Waals surface area contributed by atoms with Crippen LogP contribution in [0.1, 0.15) is 20.3 Å². The van der Waals surface area contributed by atoms with Gasteiger partial charge in [-0.1, -0.05) is 25.2 Å². The molecule has 1 atom stereocenters. The number of anilines is 1. The van der Waals surface area contributed by atoms with Crippen molar-refractivity contribution in [3.8, 4) is 5.75 Å². The lowest BCUT2D eigenvalue weighted by molar-refractivity contribution is -0.118. The molecule has 0 aliphatic carbocycles. The number of nitrogens with zero attached hydrogens (tertiary/aromatic N) is 1. The van der Waals surface area contributed by atoms with Gasteiger partial charge >= 0.3 is 6.09 Å². The number of methoxy groups -OCH3 is 2. The van der Waals surface area contributed by atoms with Crippen LogP contribution in [0.15, 0.2) is 18.2 Å². The van der Waals surface area contributed by atoms with Gasteiger partial charge in [0, 0.05) is 0 Å². The van der Waals surface area contributed by atoms with Crippen LogP contribution < -0.4 is 15.4 Å². The Morgan fingerprint density at radius 2 is 2.04 bits per heavy atom. The van der Waals surface area contributed by atoms with Crippen molar-refractivity contribution in [3.05, 3.63) is 18.2 Å². The van der Waals surface area contributed by atoms with E-state index in [0.29, 0.717) is 11.6 Å². The number of nitrogens with one attached hydrogen (secondary N) is 2. The highest BCUT2D eigenvalue weighted by Gasteiger charge is 2.23. The van der Waals surface area contributed by atoms with E-state index in [-0.39, 0.29) is 11.8 Å². The summed E-state index contributed by atoms with van der Waals surface area (Å²) in [7, 11) is 2.86. The summed E-state index contributed by atoms with van der Waals surface area (Å²) < 4.78 is 10.7. The number of amides is 2. The molecule has 1 unspecified atom stereocenters. The highest BCUT2D eigenvalue weighted by molar-refractivity contribution is 7.22.